The summed E-state index contributed by atoms with van der Waals surface area (Å²) in [5, 5.41) is 1.98. The Bertz CT molecular complexity index is 1580. The van der Waals surface area contributed by atoms with Crippen LogP contribution in [0.5, 0.6) is 23.4 Å². The van der Waals surface area contributed by atoms with Gasteiger partial charge in [0.25, 0.3) is 0 Å². The molecule has 0 aliphatic rings. The van der Waals surface area contributed by atoms with Gasteiger partial charge in [0.05, 0.1) is 11.8 Å². The summed E-state index contributed by atoms with van der Waals surface area (Å²) in [6, 6.07) is 30.2. The molecule has 6 rings (SSSR count). The first-order valence-electron chi connectivity index (χ1n) is 10.3. The van der Waals surface area contributed by atoms with Gasteiger partial charge in [0.1, 0.15) is 5.58 Å². The molecule has 7 heteroatoms. The molecule has 0 atom stereocenters. The molecule has 0 aliphatic carbocycles. The van der Waals surface area contributed by atoms with E-state index in [4.69, 9.17) is 13.9 Å². The van der Waals surface area contributed by atoms with E-state index in [0.717, 1.165) is 21.9 Å². The number of furan rings is 1. The summed E-state index contributed by atoms with van der Waals surface area (Å²) in [6.07, 6.45) is 3.46. The third-order valence-electron chi connectivity index (χ3n) is 5.02. The van der Waals surface area contributed by atoms with Crippen LogP contribution in [0.3, 0.4) is 0 Å². The Morgan fingerprint density at radius 1 is 0.706 bits per heavy atom. The van der Waals surface area contributed by atoms with Gasteiger partial charge in [0.15, 0.2) is 0 Å². The van der Waals surface area contributed by atoms with Crippen molar-refractivity contribution in [3.63, 3.8) is 0 Å². The maximum absolute atomic E-state index is 6.06. The first-order valence-corrected chi connectivity index (χ1v) is 10.3. The Balaban J connectivity index is 0.00000241. The summed E-state index contributed by atoms with van der Waals surface area (Å²) >= 11 is 0. The van der Waals surface area contributed by atoms with Gasteiger partial charge in [-0.2, -0.15) is 23.2 Å². The van der Waals surface area contributed by atoms with Gasteiger partial charge in [0.2, 0.25) is 17.6 Å². The number of pyridine rings is 3. The molecule has 4 aromatic heterocycles. The average Bonchev–Trinajstić information content (AvgIpc) is 3.24. The van der Waals surface area contributed by atoms with Crippen LogP contribution in [-0.2, 0) is 21.1 Å². The minimum Gasteiger partial charge on any atom is -0.499 e. The molecule has 0 saturated heterocycles. The summed E-state index contributed by atoms with van der Waals surface area (Å²) in [5.41, 5.74) is 2.85. The van der Waals surface area contributed by atoms with Crippen LogP contribution < -0.4 is 9.47 Å². The molecule has 0 aliphatic heterocycles. The van der Waals surface area contributed by atoms with E-state index in [0.29, 0.717) is 34.7 Å². The molecular weight excluding hydrogens is 609 g/mol. The zero-order valence-electron chi connectivity index (χ0n) is 17.5. The first kappa shape index (κ1) is 21.8. The number of para-hydroxylation sites is 1. The second kappa shape index (κ2) is 9.46. The minimum atomic E-state index is 0. The monoisotopic (exact) mass is 624 g/mol. The smallest absolute Gasteiger partial charge is 0.499 e. The molecule has 0 radical (unpaired) electrons. The quantitative estimate of drug-likeness (QED) is 0.201. The number of ether oxygens (including phenoxy) is 2. The van der Waals surface area contributed by atoms with Crippen LogP contribution in [0.1, 0.15) is 0 Å². The molecule has 2 aromatic carbocycles. The molecule has 0 bridgehead atoms. The van der Waals surface area contributed by atoms with E-state index in [1.807, 2.05) is 48.5 Å². The molecule has 0 fully saturated rings. The maximum Gasteiger partial charge on any atom is 2.00 e. The summed E-state index contributed by atoms with van der Waals surface area (Å²) in [7, 11) is 0. The van der Waals surface area contributed by atoms with E-state index in [1.54, 1.807) is 42.7 Å². The van der Waals surface area contributed by atoms with Crippen molar-refractivity contribution in [1.29, 1.82) is 0 Å². The first-order chi connectivity index (χ1) is 16.3. The SMILES string of the molecule is [Pt+2].[c-]1ccccc1Oc1cccc(Oc2cccc(-c3[c-]ccc4c3oc3cnccc34)n2)n1. The van der Waals surface area contributed by atoms with Gasteiger partial charge in [-0.1, -0.05) is 29.1 Å². The summed E-state index contributed by atoms with van der Waals surface area (Å²) in [5.74, 6) is 1.74. The van der Waals surface area contributed by atoms with Crippen molar-refractivity contribution in [2.24, 2.45) is 0 Å². The number of hydrogen-bond acceptors (Lipinski definition) is 6. The standard InChI is InChI=1S/C27H15N3O3.Pt/c1-2-7-18(8-3-1)31-25-13-6-14-26(30-25)33-24-12-5-11-22(29-24)21-10-4-9-20-19-15-16-28-17-23(19)32-27(20)21;/h1-7,9,11-17H;/q-2;+2. The van der Waals surface area contributed by atoms with Crippen molar-refractivity contribution in [2.75, 3.05) is 0 Å². The Morgan fingerprint density at radius 2 is 1.53 bits per heavy atom. The van der Waals surface area contributed by atoms with Crippen molar-refractivity contribution in [3.05, 3.63) is 103 Å². The predicted molar refractivity (Wildman–Crippen MR) is 123 cm³/mol. The van der Waals surface area contributed by atoms with Crippen molar-refractivity contribution >= 4 is 21.9 Å². The Hall–Kier alpha value is -4.02. The topological polar surface area (TPSA) is 70.3 Å². The van der Waals surface area contributed by atoms with Crippen LogP contribution in [0, 0.1) is 12.1 Å². The van der Waals surface area contributed by atoms with Gasteiger partial charge in [-0.3, -0.25) is 9.97 Å². The third-order valence-corrected chi connectivity index (χ3v) is 5.02. The maximum atomic E-state index is 6.06. The number of rotatable bonds is 5. The van der Waals surface area contributed by atoms with E-state index in [-0.39, 0.29) is 21.1 Å². The second-order valence-electron chi connectivity index (χ2n) is 7.18. The zero-order valence-corrected chi connectivity index (χ0v) is 19.8. The minimum absolute atomic E-state index is 0. The summed E-state index contributed by atoms with van der Waals surface area (Å²) in [4.78, 5) is 13.2. The fourth-order valence-corrected chi connectivity index (χ4v) is 3.57. The molecular formula is C27H15N3O3Pt. The average molecular weight is 625 g/mol. The predicted octanol–water partition coefficient (Wildman–Crippen LogP) is 6.62. The van der Waals surface area contributed by atoms with Gasteiger partial charge in [0, 0.05) is 29.5 Å². The molecule has 0 amide bonds. The molecule has 0 spiro atoms. The fourth-order valence-electron chi connectivity index (χ4n) is 3.57. The molecule has 0 saturated carbocycles. The number of aromatic nitrogens is 3. The molecule has 166 valence electrons. The molecule has 34 heavy (non-hydrogen) atoms. The van der Waals surface area contributed by atoms with Crippen LogP contribution in [0.2, 0.25) is 0 Å². The van der Waals surface area contributed by atoms with Gasteiger partial charge in [-0.05, 0) is 17.8 Å². The van der Waals surface area contributed by atoms with Crippen molar-refractivity contribution in [3.8, 4) is 34.6 Å². The number of fused-ring (bicyclic) bond motifs is 3. The van der Waals surface area contributed by atoms with Crippen molar-refractivity contribution < 1.29 is 35.0 Å². The van der Waals surface area contributed by atoms with Gasteiger partial charge in [-0.15, -0.1) is 30.3 Å². The van der Waals surface area contributed by atoms with E-state index < -0.39 is 0 Å². The number of benzene rings is 2. The van der Waals surface area contributed by atoms with Gasteiger partial charge < -0.3 is 13.9 Å². The largest absolute Gasteiger partial charge is 2.00 e. The van der Waals surface area contributed by atoms with Gasteiger partial charge >= 0.3 is 21.1 Å². The van der Waals surface area contributed by atoms with E-state index >= 15 is 0 Å². The number of hydrogen-bond donors (Lipinski definition) is 0. The Kier molecular flexibility index (Phi) is 6.06. The van der Waals surface area contributed by atoms with Crippen molar-refractivity contribution in [1.82, 2.24) is 15.0 Å². The van der Waals surface area contributed by atoms with Crippen LogP contribution in [-0.4, -0.2) is 15.0 Å². The Morgan fingerprint density at radius 3 is 2.38 bits per heavy atom. The van der Waals surface area contributed by atoms with Crippen LogP contribution in [0.25, 0.3) is 33.2 Å². The second-order valence-corrected chi connectivity index (χ2v) is 7.18. The normalized spacial score (nSPS) is 10.7. The molecule has 4 heterocycles. The number of nitrogens with zero attached hydrogens (tertiary/aromatic N) is 3. The van der Waals surface area contributed by atoms with E-state index in [9.17, 15) is 0 Å². The van der Waals surface area contributed by atoms with E-state index in [1.165, 1.54) is 0 Å². The van der Waals surface area contributed by atoms with E-state index in [2.05, 4.69) is 27.1 Å². The zero-order chi connectivity index (χ0) is 22.0. The van der Waals surface area contributed by atoms with Crippen molar-refractivity contribution in [2.45, 2.75) is 0 Å². The third kappa shape index (κ3) is 4.28. The molecule has 0 unspecified atom stereocenters. The fraction of sp³-hybridized carbons (Fsp3) is 0. The molecule has 6 aromatic rings. The Labute approximate surface area is 209 Å². The molecule has 6 nitrogen and oxygen atoms in total. The van der Waals surface area contributed by atoms with Crippen LogP contribution in [0.4, 0.5) is 0 Å². The summed E-state index contributed by atoms with van der Waals surface area (Å²) < 4.78 is 17.7. The summed E-state index contributed by atoms with van der Waals surface area (Å²) in [6.45, 7) is 0. The molecule has 0 N–H and O–H groups in total. The van der Waals surface area contributed by atoms with Crippen LogP contribution >= 0.6 is 0 Å². The van der Waals surface area contributed by atoms with Crippen LogP contribution in [0.15, 0.2) is 95.7 Å². The van der Waals surface area contributed by atoms with Gasteiger partial charge in [-0.25, -0.2) is 0 Å².